The Balaban J connectivity index is 1.59. The quantitative estimate of drug-likeness (QED) is 0.845. The smallest absolute Gasteiger partial charge is 0.315 e. The molecule has 3 rings (SSSR count). The van der Waals surface area contributed by atoms with Crippen molar-refractivity contribution >= 4 is 6.03 Å². The molecule has 4 nitrogen and oxygen atoms in total. The summed E-state index contributed by atoms with van der Waals surface area (Å²) in [4.78, 5) is 14.7. The average Bonchev–Trinajstić information content (AvgIpc) is 3.17. The maximum atomic E-state index is 12.2. The topological polar surface area (TPSA) is 44.4 Å². The van der Waals surface area contributed by atoms with Gasteiger partial charge < -0.3 is 10.6 Å². The number of rotatable bonds is 6. The lowest BCUT2D eigenvalue weighted by Gasteiger charge is -2.29. The van der Waals surface area contributed by atoms with Gasteiger partial charge >= 0.3 is 6.03 Å². The third-order valence-corrected chi connectivity index (χ3v) is 4.88. The minimum atomic E-state index is -0.110. The van der Waals surface area contributed by atoms with Crippen LogP contribution in [-0.2, 0) is 6.54 Å². The van der Waals surface area contributed by atoms with Gasteiger partial charge in [0.05, 0.1) is 6.04 Å². The number of aryl methyl sites for hydroxylation is 1. The Morgan fingerprint density at radius 1 is 1.00 bits per heavy atom. The van der Waals surface area contributed by atoms with E-state index in [4.69, 9.17) is 0 Å². The zero-order valence-electron chi connectivity index (χ0n) is 14.9. The van der Waals surface area contributed by atoms with E-state index >= 15 is 0 Å². The number of hydrogen-bond acceptors (Lipinski definition) is 2. The van der Waals surface area contributed by atoms with Crippen molar-refractivity contribution in [3.8, 4) is 0 Å². The summed E-state index contributed by atoms with van der Waals surface area (Å²) >= 11 is 0. The molecule has 1 aliphatic rings. The van der Waals surface area contributed by atoms with Crippen LogP contribution in [0.2, 0.25) is 0 Å². The predicted molar refractivity (Wildman–Crippen MR) is 101 cm³/mol. The summed E-state index contributed by atoms with van der Waals surface area (Å²) in [5.74, 6) is 0. The predicted octanol–water partition coefficient (Wildman–Crippen LogP) is 3.63. The van der Waals surface area contributed by atoms with Gasteiger partial charge in [-0.3, -0.25) is 4.90 Å². The van der Waals surface area contributed by atoms with Crippen LogP contribution in [0.4, 0.5) is 4.79 Å². The fourth-order valence-corrected chi connectivity index (χ4v) is 3.48. The highest BCUT2D eigenvalue weighted by Gasteiger charge is 2.24. The average molecular weight is 337 g/mol. The van der Waals surface area contributed by atoms with Gasteiger partial charge in [0.15, 0.2) is 0 Å². The van der Waals surface area contributed by atoms with Crippen molar-refractivity contribution in [2.24, 2.45) is 0 Å². The molecule has 1 aliphatic heterocycles. The first kappa shape index (κ1) is 17.5. The lowest BCUT2D eigenvalue weighted by atomic mass is 10.00. The number of nitrogens with one attached hydrogen (secondary N) is 2. The highest BCUT2D eigenvalue weighted by molar-refractivity contribution is 5.73. The molecule has 1 fully saturated rings. The van der Waals surface area contributed by atoms with Crippen LogP contribution >= 0.6 is 0 Å². The number of benzene rings is 2. The van der Waals surface area contributed by atoms with E-state index in [1.54, 1.807) is 0 Å². The van der Waals surface area contributed by atoms with Crippen molar-refractivity contribution in [2.75, 3.05) is 19.6 Å². The van der Waals surface area contributed by atoms with Crippen molar-refractivity contribution in [2.45, 2.75) is 32.4 Å². The lowest BCUT2D eigenvalue weighted by Crippen LogP contribution is -2.41. The van der Waals surface area contributed by atoms with Gasteiger partial charge in [-0.05, 0) is 49.5 Å². The Kier molecular flexibility index (Phi) is 6.07. The Morgan fingerprint density at radius 3 is 2.40 bits per heavy atom. The second-order valence-corrected chi connectivity index (χ2v) is 6.66. The number of likely N-dealkylation sites (tertiary alicyclic amines) is 1. The van der Waals surface area contributed by atoms with Crippen molar-refractivity contribution < 1.29 is 4.79 Å². The molecule has 0 aromatic heterocycles. The highest BCUT2D eigenvalue weighted by Crippen LogP contribution is 2.26. The molecule has 2 aromatic carbocycles. The van der Waals surface area contributed by atoms with Gasteiger partial charge in [0.25, 0.3) is 0 Å². The first-order valence-electron chi connectivity index (χ1n) is 9.09. The first-order valence-corrected chi connectivity index (χ1v) is 9.09. The lowest BCUT2D eigenvalue weighted by molar-refractivity contribution is 0.220. The van der Waals surface area contributed by atoms with Crippen molar-refractivity contribution in [3.05, 3.63) is 71.3 Å². The summed E-state index contributed by atoms with van der Waals surface area (Å²) in [6.07, 6.45) is 2.48. The van der Waals surface area contributed by atoms with Gasteiger partial charge in [-0.2, -0.15) is 0 Å². The Hall–Kier alpha value is -2.33. The molecule has 2 aromatic rings. The van der Waals surface area contributed by atoms with Gasteiger partial charge in [-0.25, -0.2) is 4.79 Å². The largest absolute Gasteiger partial charge is 0.336 e. The van der Waals surface area contributed by atoms with E-state index in [0.717, 1.165) is 18.7 Å². The number of hydrogen-bond donors (Lipinski definition) is 2. The maximum absolute atomic E-state index is 12.2. The maximum Gasteiger partial charge on any atom is 0.315 e. The molecule has 0 bridgehead atoms. The van der Waals surface area contributed by atoms with Crippen LogP contribution in [0.5, 0.6) is 0 Å². The van der Waals surface area contributed by atoms with Gasteiger partial charge in [-0.15, -0.1) is 0 Å². The van der Waals surface area contributed by atoms with Crippen molar-refractivity contribution in [1.29, 1.82) is 0 Å². The minimum absolute atomic E-state index is 0.110. The van der Waals surface area contributed by atoms with Crippen LogP contribution in [0.15, 0.2) is 54.6 Å². The summed E-state index contributed by atoms with van der Waals surface area (Å²) in [5.41, 5.74) is 3.70. The van der Waals surface area contributed by atoms with E-state index in [1.165, 1.54) is 24.0 Å². The molecular formula is C21H27N3O. The molecule has 132 valence electrons. The molecule has 2 amide bonds. The molecule has 1 atom stereocenters. The molecule has 2 N–H and O–H groups in total. The zero-order chi connectivity index (χ0) is 17.5. The van der Waals surface area contributed by atoms with Gasteiger partial charge in [0.2, 0.25) is 0 Å². The summed E-state index contributed by atoms with van der Waals surface area (Å²) in [7, 11) is 0. The normalized spacial score (nSPS) is 15.7. The first-order chi connectivity index (χ1) is 12.2. The molecule has 25 heavy (non-hydrogen) atoms. The monoisotopic (exact) mass is 337 g/mol. The third kappa shape index (κ3) is 4.83. The highest BCUT2D eigenvalue weighted by atomic mass is 16.2. The van der Waals surface area contributed by atoms with Crippen LogP contribution in [-0.4, -0.2) is 30.6 Å². The Bertz CT molecular complexity index is 681. The molecule has 0 saturated carbocycles. The van der Waals surface area contributed by atoms with E-state index in [1.807, 2.05) is 30.3 Å². The van der Waals surface area contributed by atoms with Gasteiger partial charge in [-0.1, -0.05) is 54.6 Å². The van der Waals surface area contributed by atoms with Crippen LogP contribution in [0.25, 0.3) is 0 Å². The van der Waals surface area contributed by atoms with Crippen molar-refractivity contribution in [1.82, 2.24) is 15.5 Å². The second kappa shape index (κ2) is 8.67. The number of urea groups is 1. The number of nitrogens with zero attached hydrogens (tertiary/aromatic N) is 1. The van der Waals surface area contributed by atoms with Crippen LogP contribution in [0.1, 0.15) is 35.6 Å². The summed E-state index contributed by atoms with van der Waals surface area (Å²) in [6, 6.07) is 18.6. The van der Waals surface area contributed by atoms with E-state index in [2.05, 4.69) is 46.7 Å². The third-order valence-electron chi connectivity index (χ3n) is 4.88. The molecule has 0 radical (unpaired) electrons. The van der Waals surface area contributed by atoms with E-state index in [-0.39, 0.29) is 12.1 Å². The van der Waals surface area contributed by atoms with E-state index in [0.29, 0.717) is 13.1 Å². The molecule has 0 aliphatic carbocycles. The number of carbonyl (C=O) groups excluding carboxylic acids is 1. The van der Waals surface area contributed by atoms with Crippen LogP contribution in [0, 0.1) is 6.92 Å². The zero-order valence-corrected chi connectivity index (χ0v) is 14.9. The number of amides is 2. The summed E-state index contributed by atoms with van der Waals surface area (Å²) in [6.45, 7) is 5.53. The van der Waals surface area contributed by atoms with Gasteiger partial charge in [0.1, 0.15) is 0 Å². The summed E-state index contributed by atoms with van der Waals surface area (Å²) in [5, 5.41) is 6.01. The van der Waals surface area contributed by atoms with Crippen LogP contribution < -0.4 is 10.6 Å². The van der Waals surface area contributed by atoms with Crippen LogP contribution in [0.3, 0.4) is 0 Å². The van der Waals surface area contributed by atoms with Gasteiger partial charge in [0, 0.05) is 13.1 Å². The van der Waals surface area contributed by atoms with Crippen molar-refractivity contribution in [3.63, 3.8) is 0 Å². The molecule has 1 heterocycles. The minimum Gasteiger partial charge on any atom is -0.336 e. The molecule has 4 heteroatoms. The fraction of sp³-hybridized carbons (Fsp3) is 0.381. The Labute approximate surface area is 150 Å². The molecular weight excluding hydrogens is 310 g/mol. The van der Waals surface area contributed by atoms with E-state index < -0.39 is 0 Å². The summed E-state index contributed by atoms with van der Waals surface area (Å²) < 4.78 is 0. The molecule has 1 unspecified atom stereocenters. The number of carbonyl (C=O) groups is 1. The van der Waals surface area contributed by atoms with E-state index in [9.17, 15) is 4.79 Å². The molecule has 1 saturated heterocycles. The SMILES string of the molecule is Cc1ccccc1C(CNC(=O)NCc1ccccc1)N1CCCC1. The second-order valence-electron chi connectivity index (χ2n) is 6.66. The standard InChI is InChI=1S/C21H27N3O/c1-17-9-5-6-12-19(17)20(24-13-7-8-14-24)16-23-21(25)22-15-18-10-3-2-4-11-18/h2-6,9-12,20H,7-8,13-16H2,1H3,(H2,22,23,25). The Morgan fingerprint density at radius 2 is 1.68 bits per heavy atom. The fourth-order valence-electron chi connectivity index (χ4n) is 3.48. The molecule has 0 spiro atoms.